The van der Waals surface area contributed by atoms with E-state index in [1.807, 2.05) is 61.5 Å². The molecule has 0 bridgehead atoms. The van der Waals surface area contributed by atoms with Crippen molar-refractivity contribution >= 4 is 21.6 Å². The van der Waals surface area contributed by atoms with Crippen LogP contribution in [0.3, 0.4) is 0 Å². The van der Waals surface area contributed by atoms with Crippen molar-refractivity contribution in [2.75, 3.05) is 50.4 Å². The molecule has 1 aromatic heterocycles. The number of aromatic nitrogens is 1. The molecule has 4 rings (SSSR count). The Bertz CT molecular complexity index is 1240. The van der Waals surface area contributed by atoms with Gasteiger partial charge in [0, 0.05) is 63.5 Å². The second kappa shape index (κ2) is 11.0. The molecule has 35 heavy (non-hydrogen) atoms. The molecule has 0 aliphatic carbocycles. The van der Waals surface area contributed by atoms with Crippen molar-refractivity contribution in [2.45, 2.75) is 19.8 Å². The first-order chi connectivity index (χ1) is 16.8. The number of carbonyl (C=O) groups is 1. The van der Waals surface area contributed by atoms with Crippen LogP contribution in [0.2, 0.25) is 0 Å². The number of carbonyl (C=O) groups excluding carboxylic acids is 1. The molecular weight excluding hydrogens is 464 g/mol. The lowest BCUT2D eigenvalue weighted by molar-refractivity contribution is -0.127. The highest BCUT2D eigenvalue weighted by atomic mass is 32.2. The molecule has 0 unspecified atom stereocenters. The van der Waals surface area contributed by atoms with Gasteiger partial charge in [-0.1, -0.05) is 47.6 Å². The van der Waals surface area contributed by atoms with Gasteiger partial charge in [0.05, 0.1) is 0 Å². The lowest BCUT2D eigenvalue weighted by atomic mass is 10.1. The van der Waals surface area contributed by atoms with Crippen LogP contribution in [0.25, 0.3) is 11.3 Å². The van der Waals surface area contributed by atoms with E-state index in [9.17, 15) is 13.2 Å². The van der Waals surface area contributed by atoms with E-state index in [0.29, 0.717) is 45.6 Å². The summed E-state index contributed by atoms with van der Waals surface area (Å²) in [5, 5.41) is 4.10. The normalized spacial score (nSPS) is 14.7. The van der Waals surface area contributed by atoms with E-state index in [0.717, 1.165) is 22.7 Å². The highest BCUT2D eigenvalue weighted by Crippen LogP contribution is 2.20. The number of anilines is 1. The zero-order valence-corrected chi connectivity index (χ0v) is 21.1. The number of sulfonamides is 1. The molecule has 0 N–H and O–H groups in total. The van der Waals surface area contributed by atoms with Crippen LogP contribution in [0, 0.1) is 6.92 Å². The SMILES string of the molecule is Cc1cccc(N2CCN(S(=O)(=O)CC(=O)N(C)CCCc3cc(-c4ccccc4)no3)CC2)c1. The fraction of sp³-hybridized carbons (Fsp3) is 0.385. The standard InChI is InChI=1S/C26H32N4O4S/c1-21-8-6-11-23(18-21)29-14-16-30(17-15-29)35(32,33)20-26(31)28(2)13-7-12-24-19-25(27-34-24)22-9-4-3-5-10-22/h3-6,8-11,18-19H,7,12-17,20H2,1-2H3. The summed E-state index contributed by atoms with van der Waals surface area (Å²) in [5.41, 5.74) is 4.03. The molecule has 1 aliphatic rings. The van der Waals surface area contributed by atoms with Crippen molar-refractivity contribution in [3.8, 4) is 11.3 Å². The summed E-state index contributed by atoms with van der Waals surface area (Å²) in [6.07, 6.45) is 1.27. The molecule has 0 spiro atoms. The third-order valence-electron chi connectivity index (χ3n) is 6.28. The predicted molar refractivity (Wildman–Crippen MR) is 137 cm³/mol. The van der Waals surface area contributed by atoms with Crippen LogP contribution in [-0.2, 0) is 21.2 Å². The fourth-order valence-corrected chi connectivity index (χ4v) is 5.63. The van der Waals surface area contributed by atoms with Gasteiger partial charge < -0.3 is 14.3 Å². The molecule has 9 heteroatoms. The molecule has 0 radical (unpaired) electrons. The van der Waals surface area contributed by atoms with E-state index in [1.54, 1.807) is 7.05 Å². The number of nitrogens with zero attached hydrogens (tertiary/aromatic N) is 4. The Labute approximate surface area is 207 Å². The molecule has 2 heterocycles. The largest absolute Gasteiger partial charge is 0.369 e. The minimum atomic E-state index is -3.66. The molecule has 0 atom stereocenters. The average molecular weight is 497 g/mol. The second-order valence-corrected chi connectivity index (χ2v) is 10.9. The lowest BCUT2D eigenvalue weighted by Gasteiger charge is -2.35. The van der Waals surface area contributed by atoms with Gasteiger partial charge in [-0.05, 0) is 31.0 Å². The van der Waals surface area contributed by atoms with Crippen LogP contribution in [-0.4, -0.2) is 74.2 Å². The number of hydrogen-bond acceptors (Lipinski definition) is 6. The third kappa shape index (κ3) is 6.49. The Balaban J connectivity index is 1.22. The topological polar surface area (TPSA) is 87.0 Å². The smallest absolute Gasteiger partial charge is 0.238 e. The van der Waals surface area contributed by atoms with E-state index in [4.69, 9.17) is 4.52 Å². The second-order valence-electron chi connectivity index (χ2n) is 8.94. The summed E-state index contributed by atoms with van der Waals surface area (Å²) in [5.74, 6) is -0.161. The average Bonchev–Trinajstić information content (AvgIpc) is 3.33. The van der Waals surface area contributed by atoms with Crippen LogP contribution >= 0.6 is 0 Å². The summed E-state index contributed by atoms with van der Waals surface area (Å²) >= 11 is 0. The van der Waals surface area contributed by atoms with Gasteiger partial charge in [-0.25, -0.2) is 8.42 Å². The molecule has 3 aromatic rings. The molecule has 8 nitrogen and oxygen atoms in total. The quantitative estimate of drug-likeness (QED) is 0.452. The Morgan fingerprint density at radius 3 is 2.49 bits per heavy atom. The van der Waals surface area contributed by atoms with Crippen molar-refractivity contribution in [3.63, 3.8) is 0 Å². The van der Waals surface area contributed by atoms with Gasteiger partial charge in [0.2, 0.25) is 15.9 Å². The van der Waals surface area contributed by atoms with Crippen LogP contribution in [0.5, 0.6) is 0 Å². The summed E-state index contributed by atoms with van der Waals surface area (Å²) in [6.45, 7) is 4.45. The Morgan fingerprint density at radius 2 is 1.77 bits per heavy atom. The number of rotatable bonds is 9. The minimum absolute atomic E-state index is 0.377. The highest BCUT2D eigenvalue weighted by molar-refractivity contribution is 7.89. The van der Waals surface area contributed by atoms with E-state index in [-0.39, 0.29) is 0 Å². The van der Waals surface area contributed by atoms with Crippen molar-refractivity contribution in [1.82, 2.24) is 14.4 Å². The summed E-state index contributed by atoms with van der Waals surface area (Å²) in [6, 6.07) is 19.9. The van der Waals surface area contributed by atoms with E-state index >= 15 is 0 Å². The third-order valence-corrected chi connectivity index (χ3v) is 8.04. The number of amides is 1. The van der Waals surface area contributed by atoms with Gasteiger partial charge in [-0.3, -0.25) is 4.79 Å². The van der Waals surface area contributed by atoms with Crippen LogP contribution in [0.15, 0.2) is 65.2 Å². The van der Waals surface area contributed by atoms with Gasteiger partial charge in [0.15, 0.2) is 0 Å². The first-order valence-corrected chi connectivity index (χ1v) is 13.5. The van der Waals surface area contributed by atoms with Crippen molar-refractivity contribution in [1.29, 1.82) is 0 Å². The van der Waals surface area contributed by atoms with Gasteiger partial charge in [-0.2, -0.15) is 4.31 Å². The fourth-order valence-electron chi connectivity index (χ4n) is 4.20. The van der Waals surface area contributed by atoms with E-state index < -0.39 is 21.7 Å². The van der Waals surface area contributed by atoms with E-state index in [2.05, 4.69) is 16.1 Å². The number of benzene rings is 2. The first-order valence-electron chi connectivity index (χ1n) is 11.9. The monoisotopic (exact) mass is 496 g/mol. The molecule has 1 saturated heterocycles. The lowest BCUT2D eigenvalue weighted by Crippen LogP contribution is -2.50. The van der Waals surface area contributed by atoms with Gasteiger partial charge in [-0.15, -0.1) is 0 Å². The van der Waals surface area contributed by atoms with Crippen LogP contribution in [0.1, 0.15) is 17.7 Å². The first kappa shape index (κ1) is 24.9. The van der Waals surface area contributed by atoms with Gasteiger partial charge in [0.25, 0.3) is 0 Å². The Kier molecular flexibility index (Phi) is 7.87. The zero-order valence-electron chi connectivity index (χ0n) is 20.3. The van der Waals surface area contributed by atoms with Crippen LogP contribution < -0.4 is 4.90 Å². The molecule has 0 saturated carbocycles. The highest BCUT2D eigenvalue weighted by Gasteiger charge is 2.30. The van der Waals surface area contributed by atoms with Crippen LogP contribution in [0.4, 0.5) is 5.69 Å². The molecule has 1 aliphatic heterocycles. The van der Waals surface area contributed by atoms with Gasteiger partial charge in [0.1, 0.15) is 17.2 Å². The van der Waals surface area contributed by atoms with Crippen molar-refractivity contribution in [2.24, 2.45) is 0 Å². The minimum Gasteiger partial charge on any atom is -0.369 e. The summed E-state index contributed by atoms with van der Waals surface area (Å²) < 4.78 is 32.6. The predicted octanol–water partition coefficient (Wildman–Crippen LogP) is 3.19. The van der Waals surface area contributed by atoms with Crippen molar-refractivity contribution < 1.29 is 17.7 Å². The maximum atomic E-state index is 12.9. The molecule has 186 valence electrons. The summed E-state index contributed by atoms with van der Waals surface area (Å²) in [4.78, 5) is 16.3. The molecular formula is C26H32N4O4S. The Morgan fingerprint density at radius 1 is 1.03 bits per heavy atom. The molecule has 2 aromatic carbocycles. The number of aryl methyl sites for hydroxylation is 2. The molecule has 1 amide bonds. The Hall–Kier alpha value is -3.17. The zero-order chi connectivity index (χ0) is 24.8. The number of hydrogen-bond donors (Lipinski definition) is 0. The van der Waals surface area contributed by atoms with E-state index in [1.165, 1.54) is 14.8 Å². The maximum absolute atomic E-state index is 12.9. The summed E-state index contributed by atoms with van der Waals surface area (Å²) in [7, 11) is -2.02. The van der Waals surface area contributed by atoms with Gasteiger partial charge >= 0.3 is 0 Å². The maximum Gasteiger partial charge on any atom is 0.238 e. The number of piperazine rings is 1. The van der Waals surface area contributed by atoms with Crippen molar-refractivity contribution in [3.05, 3.63) is 72.0 Å². The molecule has 1 fully saturated rings.